The van der Waals surface area contributed by atoms with E-state index in [1.165, 1.54) is 0 Å². The van der Waals surface area contributed by atoms with E-state index < -0.39 is 5.60 Å². The van der Waals surface area contributed by atoms with Crippen LogP contribution in [0.1, 0.15) is 39.5 Å². The summed E-state index contributed by atoms with van der Waals surface area (Å²) in [5, 5.41) is 11.1. The molecule has 0 aliphatic carbocycles. The molecular formula is C13H25NO3. The highest BCUT2D eigenvalue weighted by Crippen LogP contribution is 2.47. The molecule has 17 heavy (non-hydrogen) atoms. The summed E-state index contributed by atoms with van der Waals surface area (Å²) in [7, 11) is 0. The van der Waals surface area contributed by atoms with Gasteiger partial charge in [0.1, 0.15) is 0 Å². The SMILES string of the molecule is CC1CC(O)(C2(CN)CCOCC2)CC(C)O1. The summed E-state index contributed by atoms with van der Waals surface area (Å²) in [6.07, 6.45) is 3.31. The number of ether oxygens (including phenoxy) is 2. The molecule has 0 amide bonds. The van der Waals surface area contributed by atoms with Crippen LogP contribution in [0.5, 0.6) is 0 Å². The third kappa shape index (κ3) is 2.36. The molecule has 4 heteroatoms. The van der Waals surface area contributed by atoms with E-state index in [0.717, 1.165) is 12.8 Å². The van der Waals surface area contributed by atoms with Gasteiger partial charge >= 0.3 is 0 Å². The second-order valence-electron chi connectivity index (χ2n) is 5.79. The molecule has 2 rings (SSSR count). The van der Waals surface area contributed by atoms with Crippen LogP contribution in [-0.4, -0.2) is 42.7 Å². The average molecular weight is 243 g/mol. The molecule has 2 unspecified atom stereocenters. The van der Waals surface area contributed by atoms with Gasteiger partial charge in [-0.25, -0.2) is 0 Å². The van der Waals surface area contributed by atoms with Crippen LogP contribution in [0.4, 0.5) is 0 Å². The third-order valence-electron chi connectivity index (χ3n) is 4.54. The van der Waals surface area contributed by atoms with E-state index >= 15 is 0 Å². The highest BCUT2D eigenvalue weighted by Gasteiger charge is 2.53. The second kappa shape index (κ2) is 4.84. The summed E-state index contributed by atoms with van der Waals surface area (Å²) < 4.78 is 11.1. The van der Waals surface area contributed by atoms with Crippen LogP contribution in [0.15, 0.2) is 0 Å². The first-order chi connectivity index (χ1) is 8.01. The van der Waals surface area contributed by atoms with Crippen molar-refractivity contribution in [2.45, 2.75) is 57.3 Å². The van der Waals surface area contributed by atoms with Crippen LogP contribution in [0.3, 0.4) is 0 Å². The Morgan fingerprint density at radius 3 is 2.18 bits per heavy atom. The van der Waals surface area contributed by atoms with E-state index in [-0.39, 0.29) is 17.6 Å². The second-order valence-corrected chi connectivity index (χ2v) is 5.79. The number of nitrogens with two attached hydrogens (primary N) is 1. The van der Waals surface area contributed by atoms with Gasteiger partial charge in [0.25, 0.3) is 0 Å². The summed E-state index contributed by atoms with van der Waals surface area (Å²) in [5.41, 5.74) is 5.11. The van der Waals surface area contributed by atoms with Gasteiger partial charge in [-0.15, -0.1) is 0 Å². The molecule has 2 atom stereocenters. The van der Waals surface area contributed by atoms with Crippen LogP contribution in [0, 0.1) is 5.41 Å². The maximum absolute atomic E-state index is 11.1. The first kappa shape index (κ1) is 13.3. The van der Waals surface area contributed by atoms with E-state index in [1.807, 2.05) is 13.8 Å². The van der Waals surface area contributed by atoms with E-state index in [1.54, 1.807) is 0 Å². The van der Waals surface area contributed by atoms with Gasteiger partial charge in [-0.05, 0) is 26.7 Å². The van der Waals surface area contributed by atoms with E-state index in [0.29, 0.717) is 32.6 Å². The molecule has 3 N–H and O–H groups in total. The third-order valence-corrected chi connectivity index (χ3v) is 4.54. The minimum atomic E-state index is -0.692. The van der Waals surface area contributed by atoms with Crippen LogP contribution in [0.2, 0.25) is 0 Å². The van der Waals surface area contributed by atoms with E-state index in [2.05, 4.69) is 0 Å². The van der Waals surface area contributed by atoms with Crippen molar-refractivity contribution < 1.29 is 14.6 Å². The maximum Gasteiger partial charge on any atom is 0.0766 e. The predicted molar refractivity (Wildman–Crippen MR) is 65.7 cm³/mol. The van der Waals surface area contributed by atoms with Gasteiger partial charge in [0.05, 0.1) is 17.8 Å². The van der Waals surface area contributed by atoms with E-state index in [4.69, 9.17) is 15.2 Å². The normalized spacial score (nSPS) is 42.4. The molecule has 0 aromatic carbocycles. The Balaban J connectivity index is 2.21. The Morgan fingerprint density at radius 1 is 1.18 bits per heavy atom. The number of hydrogen-bond acceptors (Lipinski definition) is 4. The van der Waals surface area contributed by atoms with Gasteiger partial charge in [-0.1, -0.05) is 0 Å². The Labute approximate surface area is 103 Å². The zero-order valence-corrected chi connectivity index (χ0v) is 10.9. The summed E-state index contributed by atoms with van der Waals surface area (Å²) in [6, 6.07) is 0. The van der Waals surface area contributed by atoms with Crippen LogP contribution in [-0.2, 0) is 9.47 Å². The molecule has 0 saturated carbocycles. The first-order valence-electron chi connectivity index (χ1n) is 6.67. The predicted octanol–water partition coefficient (Wildman–Crippen LogP) is 1.06. The molecule has 2 heterocycles. The largest absolute Gasteiger partial charge is 0.389 e. The summed E-state index contributed by atoms with van der Waals surface area (Å²) in [4.78, 5) is 0. The topological polar surface area (TPSA) is 64.7 Å². The number of aliphatic hydroxyl groups is 1. The fourth-order valence-corrected chi connectivity index (χ4v) is 3.58. The molecule has 2 fully saturated rings. The van der Waals surface area contributed by atoms with Gasteiger partial charge in [0.15, 0.2) is 0 Å². The smallest absolute Gasteiger partial charge is 0.0766 e. The van der Waals surface area contributed by atoms with Crippen molar-refractivity contribution in [2.24, 2.45) is 11.1 Å². The molecule has 0 aromatic heterocycles. The minimum Gasteiger partial charge on any atom is -0.389 e. The van der Waals surface area contributed by atoms with Gasteiger partial charge in [0, 0.05) is 38.0 Å². The molecule has 2 saturated heterocycles. The lowest BCUT2D eigenvalue weighted by molar-refractivity contribution is -0.203. The van der Waals surface area contributed by atoms with Crippen LogP contribution >= 0.6 is 0 Å². The maximum atomic E-state index is 11.1. The lowest BCUT2D eigenvalue weighted by Gasteiger charge is -2.53. The molecule has 2 aliphatic rings. The van der Waals surface area contributed by atoms with Crippen molar-refractivity contribution in [3.05, 3.63) is 0 Å². The molecule has 2 aliphatic heterocycles. The Kier molecular flexibility index (Phi) is 3.78. The molecule has 100 valence electrons. The van der Waals surface area contributed by atoms with Gasteiger partial charge in [0.2, 0.25) is 0 Å². The highest BCUT2D eigenvalue weighted by atomic mass is 16.5. The Bertz CT molecular complexity index is 253. The molecular weight excluding hydrogens is 218 g/mol. The number of hydrogen-bond donors (Lipinski definition) is 2. The standard InChI is InChI=1S/C13H25NO3/c1-10-7-13(15,8-11(2)17-10)12(9-14)3-5-16-6-4-12/h10-11,15H,3-9,14H2,1-2H3. The average Bonchev–Trinajstić information content (AvgIpc) is 2.28. The lowest BCUT2D eigenvalue weighted by atomic mass is 9.62. The number of rotatable bonds is 2. The van der Waals surface area contributed by atoms with Crippen molar-refractivity contribution >= 4 is 0 Å². The molecule has 4 nitrogen and oxygen atoms in total. The fourth-order valence-electron chi connectivity index (χ4n) is 3.58. The molecule has 0 bridgehead atoms. The van der Waals surface area contributed by atoms with Crippen LogP contribution in [0.25, 0.3) is 0 Å². The van der Waals surface area contributed by atoms with Crippen molar-refractivity contribution in [3.63, 3.8) is 0 Å². The summed E-state index contributed by atoms with van der Waals surface area (Å²) in [5.74, 6) is 0. The summed E-state index contributed by atoms with van der Waals surface area (Å²) in [6.45, 7) is 6.02. The van der Waals surface area contributed by atoms with Crippen molar-refractivity contribution in [2.75, 3.05) is 19.8 Å². The van der Waals surface area contributed by atoms with Gasteiger partial charge in [-0.3, -0.25) is 0 Å². The van der Waals surface area contributed by atoms with Crippen molar-refractivity contribution in [1.29, 1.82) is 0 Å². The summed E-state index contributed by atoms with van der Waals surface area (Å²) >= 11 is 0. The van der Waals surface area contributed by atoms with Crippen LogP contribution < -0.4 is 5.73 Å². The zero-order chi connectivity index (χ0) is 12.5. The highest BCUT2D eigenvalue weighted by molar-refractivity contribution is 5.04. The van der Waals surface area contributed by atoms with Gasteiger partial charge in [-0.2, -0.15) is 0 Å². The first-order valence-corrected chi connectivity index (χ1v) is 6.67. The van der Waals surface area contributed by atoms with Crippen molar-refractivity contribution in [3.8, 4) is 0 Å². The van der Waals surface area contributed by atoms with Gasteiger partial charge < -0.3 is 20.3 Å². The van der Waals surface area contributed by atoms with E-state index in [9.17, 15) is 5.11 Å². The zero-order valence-electron chi connectivity index (χ0n) is 10.9. The molecule has 0 spiro atoms. The lowest BCUT2D eigenvalue weighted by Crippen LogP contribution is -2.60. The quantitative estimate of drug-likeness (QED) is 0.761. The minimum absolute atomic E-state index is 0.106. The van der Waals surface area contributed by atoms with Crippen molar-refractivity contribution in [1.82, 2.24) is 0 Å². The Hall–Kier alpha value is -0.160. The molecule has 0 radical (unpaired) electrons. The molecule has 0 aromatic rings. The monoisotopic (exact) mass is 243 g/mol. The Morgan fingerprint density at radius 2 is 1.71 bits per heavy atom. The fraction of sp³-hybridized carbons (Fsp3) is 1.00.